The summed E-state index contributed by atoms with van der Waals surface area (Å²) in [6.07, 6.45) is 1.17. The van der Waals surface area contributed by atoms with Crippen LogP contribution in [0.15, 0.2) is 50.8 Å². The number of fused-ring (bicyclic) bond motifs is 1. The van der Waals surface area contributed by atoms with Crippen molar-refractivity contribution >= 4 is 23.0 Å². The summed E-state index contributed by atoms with van der Waals surface area (Å²) in [5.74, 6) is 2.07. The van der Waals surface area contributed by atoms with Gasteiger partial charge >= 0.3 is 0 Å². The third-order valence-corrected chi connectivity index (χ3v) is 6.71. The summed E-state index contributed by atoms with van der Waals surface area (Å²) >= 11 is 1.63. The molecule has 0 radical (unpaired) electrons. The van der Waals surface area contributed by atoms with Gasteiger partial charge in [-0.2, -0.15) is 11.3 Å². The molecular weight excluding hydrogens is 400 g/mol. The molecule has 6 nitrogen and oxygen atoms in total. The minimum Gasteiger partial charge on any atom is -0.493 e. The lowest BCUT2D eigenvalue weighted by atomic mass is 9.73. The van der Waals surface area contributed by atoms with Crippen molar-refractivity contribution in [3.63, 3.8) is 0 Å². The number of nitrogens with zero attached hydrogens (tertiary/aromatic N) is 1. The summed E-state index contributed by atoms with van der Waals surface area (Å²) in [7, 11) is 3.24. The smallest absolute Gasteiger partial charge is 0.233 e. The van der Waals surface area contributed by atoms with Crippen LogP contribution in [-0.4, -0.2) is 25.2 Å². The molecule has 0 saturated heterocycles. The first-order valence-corrected chi connectivity index (χ1v) is 10.8. The topological polar surface area (TPSA) is 73.6 Å². The van der Waals surface area contributed by atoms with Crippen LogP contribution in [0.4, 0.5) is 5.88 Å². The lowest BCUT2D eigenvalue weighted by molar-refractivity contribution is -0.116. The van der Waals surface area contributed by atoms with Crippen LogP contribution in [0.3, 0.4) is 0 Å². The third-order valence-electron chi connectivity index (χ3n) is 6.01. The number of nitrogens with one attached hydrogen (secondary N) is 1. The van der Waals surface area contributed by atoms with E-state index in [2.05, 4.69) is 21.9 Å². The van der Waals surface area contributed by atoms with E-state index in [4.69, 9.17) is 14.0 Å². The second-order valence-corrected chi connectivity index (χ2v) is 8.44. The summed E-state index contributed by atoms with van der Waals surface area (Å²) < 4.78 is 16.4. The van der Waals surface area contributed by atoms with Crippen LogP contribution < -0.4 is 14.8 Å². The summed E-state index contributed by atoms with van der Waals surface area (Å²) in [6.45, 7) is 1.93. The Kier molecular flexibility index (Phi) is 4.62. The van der Waals surface area contributed by atoms with Gasteiger partial charge in [-0.15, -0.1) is 0 Å². The number of hydrogen-bond acceptors (Lipinski definition) is 7. The molecule has 0 saturated carbocycles. The number of allylic oxidation sites excluding steroid dienone is 2. The van der Waals surface area contributed by atoms with Crippen LogP contribution in [0.25, 0.3) is 0 Å². The van der Waals surface area contributed by atoms with E-state index >= 15 is 0 Å². The van der Waals surface area contributed by atoms with Crippen molar-refractivity contribution in [2.45, 2.75) is 31.6 Å². The first kappa shape index (κ1) is 18.9. The molecule has 1 aliphatic heterocycles. The first-order valence-electron chi connectivity index (χ1n) is 9.84. The molecule has 2 aliphatic rings. The second-order valence-electron chi connectivity index (χ2n) is 7.66. The molecule has 0 spiro atoms. The number of carbonyl (C=O) groups excluding carboxylic acids is 1. The Morgan fingerprint density at radius 2 is 1.97 bits per heavy atom. The molecule has 30 heavy (non-hydrogen) atoms. The zero-order valence-corrected chi connectivity index (χ0v) is 17.8. The number of benzene rings is 1. The minimum atomic E-state index is -0.132. The highest BCUT2D eigenvalue weighted by Gasteiger charge is 2.41. The summed E-state index contributed by atoms with van der Waals surface area (Å²) in [5, 5.41) is 11.7. The molecule has 7 heteroatoms. The average molecular weight is 423 g/mol. The molecule has 0 bridgehead atoms. The predicted octanol–water partition coefficient (Wildman–Crippen LogP) is 5.02. The van der Waals surface area contributed by atoms with E-state index in [1.165, 1.54) is 0 Å². The fourth-order valence-electron chi connectivity index (χ4n) is 4.59. The van der Waals surface area contributed by atoms with E-state index in [1.807, 2.05) is 30.5 Å². The van der Waals surface area contributed by atoms with Crippen molar-refractivity contribution in [3.8, 4) is 11.5 Å². The van der Waals surface area contributed by atoms with Gasteiger partial charge in [0.15, 0.2) is 17.3 Å². The molecule has 5 rings (SSSR count). The Labute approximate surface area is 178 Å². The highest BCUT2D eigenvalue weighted by molar-refractivity contribution is 7.08. The van der Waals surface area contributed by atoms with Crippen LogP contribution >= 0.6 is 11.3 Å². The van der Waals surface area contributed by atoms with Gasteiger partial charge in [0.2, 0.25) is 5.88 Å². The number of hydrogen-bond donors (Lipinski definition) is 1. The number of aryl methyl sites for hydroxylation is 1. The van der Waals surface area contributed by atoms with Crippen molar-refractivity contribution in [3.05, 3.63) is 68.7 Å². The summed E-state index contributed by atoms with van der Waals surface area (Å²) in [6, 6.07) is 7.94. The van der Waals surface area contributed by atoms with E-state index < -0.39 is 0 Å². The second kappa shape index (κ2) is 7.32. The van der Waals surface area contributed by atoms with Crippen molar-refractivity contribution in [1.29, 1.82) is 0 Å². The van der Waals surface area contributed by atoms with Gasteiger partial charge in [0.05, 0.1) is 25.5 Å². The maximum absolute atomic E-state index is 13.4. The van der Waals surface area contributed by atoms with Crippen LogP contribution in [-0.2, 0) is 4.79 Å². The van der Waals surface area contributed by atoms with Gasteiger partial charge < -0.3 is 19.3 Å². The van der Waals surface area contributed by atoms with Crippen molar-refractivity contribution in [2.24, 2.45) is 0 Å². The number of methoxy groups -OCH3 is 2. The number of anilines is 1. The monoisotopic (exact) mass is 422 g/mol. The van der Waals surface area contributed by atoms with Crippen molar-refractivity contribution < 1.29 is 18.8 Å². The maximum atomic E-state index is 13.4. The third kappa shape index (κ3) is 2.92. The van der Waals surface area contributed by atoms with Crippen LogP contribution in [0.5, 0.6) is 11.5 Å². The molecule has 0 unspecified atom stereocenters. The number of ketones is 1. The van der Waals surface area contributed by atoms with Crippen LogP contribution in [0.1, 0.15) is 47.1 Å². The van der Waals surface area contributed by atoms with E-state index in [-0.39, 0.29) is 17.6 Å². The summed E-state index contributed by atoms with van der Waals surface area (Å²) in [5.41, 5.74) is 5.70. The molecule has 1 N–H and O–H groups in total. The number of carbonyl (C=O) groups is 1. The van der Waals surface area contributed by atoms with Gasteiger partial charge in [-0.05, 0) is 59.3 Å². The van der Waals surface area contributed by atoms with Crippen LogP contribution in [0.2, 0.25) is 0 Å². The lowest BCUT2D eigenvalue weighted by Crippen LogP contribution is -2.29. The van der Waals surface area contributed by atoms with Crippen molar-refractivity contribution in [2.75, 3.05) is 19.5 Å². The molecule has 1 aliphatic carbocycles. The maximum Gasteiger partial charge on any atom is 0.233 e. The Hall–Kier alpha value is -3.06. The minimum absolute atomic E-state index is 0.0530. The molecule has 154 valence electrons. The number of Topliss-reactive ketones (excluding diaryl/α,β-unsaturated/α-hetero) is 1. The molecule has 0 fully saturated rings. The Balaban J connectivity index is 1.56. The highest BCUT2D eigenvalue weighted by atomic mass is 32.1. The number of ether oxygens (including phenoxy) is 2. The zero-order chi connectivity index (χ0) is 20.8. The molecule has 0 amide bonds. The van der Waals surface area contributed by atoms with Gasteiger partial charge in [-0.1, -0.05) is 11.2 Å². The first-order chi connectivity index (χ1) is 14.6. The predicted molar refractivity (Wildman–Crippen MR) is 115 cm³/mol. The van der Waals surface area contributed by atoms with E-state index in [1.54, 1.807) is 25.6 Å². The van der Waals surface area contributed by atoms with E-state index in [9.17, 15) is 4.79 Å². The van der Waals surface area contributed by atoms with Gasteiger partial charge in [-0.3, -0.25) is 4.79 Å². The van der Waals surface area contributed by atoms with E-state index in [0.29, 0.717) is 23.8 Å². The molecule has 1 aromatic carbocycles. The highest BCUT2D eigenvalue weighted by Crippen LogP contribution is 2.49. The molecule has 3 heterocycles. The van der Waals surface area contributed by atoms with Crippen LogP contribution in [0, 0.1) is 6.92 Å². The molecule has 3 aromatic rings. The number of aromatic nitrogens is 1. The fraction of sp³-hybridized carbons (Fsp3) is 0.304. The Morgan fingerprint density at radius 1 is 1.13 bits per heavy atom. The standard InChI is InChI=1S/C23H22N2O4S/c1-12-20-21(14-6-7-30-11-14)22-16(24-23(20)29-25-12)8-15(9-17(22)26)13-4-5-18(27-2)19(10-13)28-3/h4-7,10-11,15,21,24H,8-9H2,1-3H3/t15-,21+/m0/s1. The van der Waals surface area contributed by atoms with E-state index in [0.717, 1.165) is 40.1 Å². The van der Waals surface area contributed by atoms with Gasteiger partial charge in [0.1, 0.15) is 0 Å². The Morgan fingerprint density at radius 3 is 2.70 bits per heavy atom. The van der Waals surface area contributed by atoms with Crippen molar-refractivity contribution in [1.82, 2.24) is 5.16 Å². The van der Waals surface area contributed by atoms with Gasteiger partial charge in [-0.25, -0.2) is 0 Å². The largest absolute Gasteiger partial charge is 0.493 e. The van der Waals surface area contributed by atoms with Gasteiger partial charge in [0, 0.05) is 23.6 Å². The zero-order valence-electron chi connectivity index (χ0n) is 17.0. The summed E-state index contributed by atoms with van der Waals surface area (Å²) in [4.78, 5) is 13.4. The SMILES string of the molecule is COc1ccc([C@@H]2CC(=O)C3=C(C2)Nc2onc(C)c2[C@H]3c2ccsc2)cc1OC. The fourth-order valence-corrected chi connectivity index (χ4v) is 5.27. The Bertz CT molecular complexity index is 1150. The number of thiophene rings is 1. The quantitative estimate of drug-likeness (QED) is 0.636. The normalized spacial score (nSPS) is 20.4. The molecular formula is C23H22N2O4S. The molecule has 2 aromatic heterocycles. The number of rotatable bonds is 4. The lowest BCUT2D eigenvalue weighted by Gasteiger charge is -2.34. The van der Waals surface area contributed by atoms with Gasteiger partial charge in [0.25, 0.3) is 0 Å². The molecule has 2 atom stereocenters. The average Bonchev–Trinajstić information content (AvgIpc) is 3.42.